The molecule has 0 aliphatic carbocycles. The van der Waals surface area contributed by atoms with Crippen LogP contribution >= 0.6 is 0 Å². The predicted molar refractivity (Wildman–Crippen MR) is 50.2 cm³/mol. The van der Waals surface area contributed by atoms with E-state index in [2.05, 4.69) is 10.6 Å². The first-order chi connectivity index (χ1) is 7.82. The molecule has 1 heterocycles. The largest absolute Gasteiger partial charge is 0.429 e. The summed E-state index contributed by atoms with van der Waals surface area (Å²) in [4.78, 5) is 44.3. The Morgan fingerprint density at radius 2 is 1.65 bits per heavy atom. The van der Waals surface area contributed by atoms with Crippen LogP contribution in [-0.2, 0) is 0 Å². The molecule has 1 amide bonds. The fourth-order valence-corrected chi connectivity index (χ4v) is 0.943. The summed E-state index contributed by atoms with van der Waals surface area (Å²) in [6.07, 6.45) is -0.350. The zero-order chi connectivity index (χ0) is 13.2. The number of carbonyl (C=O) groups excluding carboxylic acids is 1. The first-order valence-corrected chi connectivity index (χ1v) is 3.85. The molecular formula is C6H4N4O7. The highest BCUT2D eigenvalue weighted by molar-refractivity contribution is 5.65. The van der Waals surface area contributed by atoms with Crippen molar-refractivity contribution in [3.63, 3.8) is 0 Å². The lowest BCUT2D eigenvalue weighted by molar-refractivity contribution is -0.397. The number of pyridine rings is 1. The quantitative estimate of drug-likeness (QED) is 0.535. The van der Waals surface area contributed by atoms with Crippen LogP contribution in [0.25, 0.3) is 0 Å². The van der Waals surface area contributed by atoms with Crippen molar-refractivity contribution in [1.82, 2.24) is 4.73 Å². The van der Waals surface area contributed by atoms with Gasteiger partial charge < -0.3 is 10.6 Å². The third-order valence-electron chi connectivity index (χ3n) is 1.55. The molecule has 1 rings (SSSR count). The number of carbonyl (C=O) groups is 1. The zero-order valence-corrected chi connectivity index (χ0v) is 7.93. The number of nitro groups is 2. The summed E-state index contributed by atoms with van der Waals surface area (Å²) >= 11 is 0. The smallest absolute Gasteiger partial charge is 0.333 e. The van der Waals surface area contributed by atoms with Gasteiger partial charge in [-0.1, -0.05) is 0 Å². The van der Waals surface area contributed by atoms with Crippen molar-refractivity contribution in [3.05, 3.63) is 42.8 Å². The van der Waals surface area contributed by atoms with Crippen molar-refractivity contribution in [2.75, 3.05) is 0 Å². The summed E-state index contributed by atoms with van der Waals surface area (Å²) in [5.41, 5.74) is 0.995. The van der Waals surface area contributed by atoms with Crippen molar-refractivity contribution in [2.45, 2.75) is 0 Å². The number of primary amides is 1. The molecule has 0 aliphatic heterocycles. The molecule has 0 fully saturated rings. The first-order valence-electron chi connectivity index (χ1n) is 3.85. The molecule has 11 heteroatoms. The molecule has 1 aromatic rings. The molecule has 0 saturated heterocycles. The number of nitrogens with two attached hydrogens (primary N) is 1. The maximum atomic E-state index is 11.2. The van der Waals surface area contributed by atoms with Gasteiger partial charge in [-0.05, 0) is 0 Å². The lowest BCUT2D eigenvalue weighted by atomic mass is 10.3. The van der Waals surface area contributed by atoms with E-state index >= 15 is 0 Å². The number of rotatable bonds is 3. The molecule has 0 radical (unpaired) electrons. The van der Waals surface area contributed by atoms with Gasteiger partial charge >= 0.3 is 22.9 Å². The highest BCUT2D eigenvalue weighted by Gasteiger charge is 2.25. The Labute approximate surface area is 91.3 Å². The van der Waals surface area contributed by atoms with Crippen LogP contribution in [-0.4, -0.2) is 20.7 Å². The molecule has 0 unspecified atom stereocenters. The fraction of sp³-hybridized carbons (Fsp3) is 0. The van der Waals surface area contributed by atoms with E-state index < -0.39 is 32.7 Å². The van der Waals surface area contributed by atoms with Crippen molar-refractivity contribution in [2.24, 2.45) is 5.73 Å². The minimum absolute atomic E-state index is 0.319. The molecule has 0 bridgehead atoms. The molecule has 0 aliphatic rings. The van der Waals surface area contributed by atoms with Gasteiger partial charge in [-0.3, -0.25) is 25.0 Å². The van der Waals surface area contributed by atoms with E-state index in [1.165, 1.54) is 0 Å². The Morgan fingerprint density at radius 1 is 1.24 bits per heavy atom. The van der Waals surface area contributed by atoms with E-state index in [4.69, 9.17) is 0 Å². The van der Waals surface area contributed by atoms with Gasteiger partial charge in [-0.15, -0.1) is 0 Å². The lowest BCUT2D eigenvalue weighted by Gasteiger charge is -2.03. The molecule has 17 heavy (non-hydrogen) atoms. The van der Waals surface area contributed by atoms with Gasteiger partial charge in [-0.25, -0.2) is 4.79 Å². The average molecular weight is 244 g/mol. The summed E-state index contributed by atoms with van der Waals surface area (Å²) in [5.74, 6) is 0. The Hall–Kier alpha value is -2.98. The van der Waals surface area contributed by atoms with E-state index in [1.54, 1.807) is 0 Å². The van der Waals surface area contributed by atoms with Crippen LogP contribution in [0.3, 0.4) is 0 Å². The zero-order valence-electron chi connectivity index (χ0n) is 7.93. The number of amides is 1. The Kier molecular flexibility index (Phi) is 3.03. The molecule has 11 nitrogen and oxygen atoms in total. The standard InChI is InChI=1S/C6H4N4O7/c7-6(12)17-8-1-3(9(13)14)5(11)4(2-8)10(15)16/h1-2H,(H2,7,12). The van der Waals surface area contributed by atoms with Crippen LogP contribution in [0.5, 0.6) is 0 Å². The number of aromatic nitrogens is 1. The van der Waals surface area contributed by atoms with E-state index in [-0.39, 0.29) is 0 Å². The van der Waals surface area contributed by atoms with Crippen LogP contribution < -0.4 is 16.0 Å². The van der Waals surface area contributed by atoms with Crippen LogP contribution in [0.1, 0.15) is 0 Å². The lowest BCUT2D eigenvalue weighted by Crippen LogP contribution is -2.27. The number of nitrogens with zero attached hydrogens (tertiary/aromatic N) is 3. The summed E-state index contributed by atoms with van der Waals surface area (Å²) < 4.78 is 0.319. The van der Waals surface area contributed by atoms with Gasteiger partial charge in [0.2, 0.25) is 0 Å². The molecule has 0 aromatic carbocycles. The van der Waals surface area contributed by atoms with Gasteiger partial charge in [0.25, 0.3) is 0 Å². The SMILES string of the molecule is NC(=O)On1cc([N+](=O)[O-])c(=O)c([N+](=O)[O-])c1. The topological polar surface area (TPSA) is 161 Å². The van der Waals surface area contributed by atoms with Crippen molar-refractivity contribution < 1.29 is 19.5 Å². The Bertz CT molecular complexity index is 524. The highest BCUT2D eigenvalue weighted by atomic mass is 16.7. The monoisotopic (exact) mass is 244 g/mol. The third kappa shape index (κ3) is 2.53. The maximum absolute atomic E-state index is 11.2. The summed E-state index contributed by atoms with van der Waals surface area (Å²) in [5, 5.41) is 20.9. The Morgan fingerprint density at radius 3 is 1.94 bits per heavy atom. The van der Waals surface area contributed by atoms with Gasteiger partial charge in [0.05, 0.1) is 9.85 Å². The second kappa shape index (κ2) is 4.26. The van der Waals surface area contributed by atoms with Gasteiger partial charge in [0, 0.05) is 0 Å². The van der Waals surface area contributed by atoms with Crippen LogP contribution in [0.2, 0.25) is 0 Å². The minimum Gasteiger partial charge on any atom is -0.333 e. The number of hydrogen-bond donors (Lipinski definition) is 1. The molecule has 1 aromatic heterocycles. The van der Waals surface area contributed by atoms with Crippen molar-refractivity contribution in [1.29, 1.82) is 0 Å². The van der Waals surface area contributed by atoms with E-state index in [9.17, 15) is 29.8 Å². The Balaban J connectivity index is 3.47. The van der Waals surface area contributed by atoms with E-state index in [1.807, 2.05) is 0 Å². The minimum atomic E-state index is -1.40. The molecule has 0 spiro atoms. The van der Waals surface area contributed by atoms with Crippen molar-refractivity contribution in [3.8, 4) is 0 Å². The van der Waals surface area contributed by atoms with E-state index in [0.29, 0.717) is 17.1 Å². The average Bonchev–Trinajstić information content (AvgIpc) is 2.18. The molecule has 90 valence electrons. The fourth-order valence-electron chi connectivity index (χ4n) is 0.943. The maximum Gasteiger partial charge on any atom is 0.429 e. The van der Waals surface area contributed by atoms with Crippen molar-refractivity contribution >= 4 is 17.5 Å². The third-order valence-corrected chi connectivity index (χ3v) is 1.55. The molecular weight excluding hydrogens is 240 g/mol. The first kappa shape index (κ1) is 12.1. The summed E-state index contributed by atoms with van der Waals surface area (Å²) in [7, 11) is 0. The van der Waals surface area contributed by atoms with Gasteiger partial charge in [0.1, 0.15) is 12.4 Å². The summed E-state index contributed by atoms with van der Waals surface area (Å²) in [6, 6.07) is 0. The van der Waals surface area contributed by atoms with Gasteiger partial charge in [0.15, 0.2) is 0 Å². The molecule has 2 N–H and O–H groups in total. The van der Waals surface area contributed by atoms with Crippen LogP contribution in [0.15, 0.2) is 17.2 Å². The normalized spacial score (nSPS) is 9.65. The second-order valence-corrected chi connectivity index (χ2v) is 2.64. The molecule has 0 atom stereocenters. The van der Waals surface area contributed by atoms with Crippen LogP contribution in [0.4, 0.5) is 16.2 Å². The predicted octanol–water partition coefficient (Wildman–Crippen LogP) is -0.828. The van der Waals surface area contributed by atoms with Gasteiger partial charge in [-0.2, -0.15) is 4.73 Å². The second-order valence-electron chi connectivity index (χ2n) is 2.64. The molecule has 0 saturated carbocycles. The highest BCUT2D eigenvalue weighted by Crippen LogP contribution is 2.10. The number of hydrogen-bond acceptors (Lipinski definition) is 7. The summed E-state index contributed by atoms with van der Waals surface area (Å²) in [6.45, 7) is 0. The van der Waals surface area contributed by atoms with Crippen LogP contribution in [0, 0.1) is 20.2 Å². The van der Waals surface area contributed by atoms with E-state index in [0.717, 1.165) is 0 Å².